The van der Waals surface area contributed by atoms with Gasteiger partial charge >= 0.3 is 0 Å². The van der Waals surface area contributed by atoms with Crippen LogP contribution in [0.4, 0.5) is 0 Å². The average molecular weight is 324 g/mol. The highest BCUT2D eigenvalue weighted by Crippen LogP contribution is 2.40. The van der Waals surface area contributed by atoms with Crippen LogP contribution in [-0.4, -0.2) is 7.05 Å². The summed E-state index contributed by atoms with van der Waals surface area (Å²) in [5.74, 6) is 2.48. The fraction of sp³-hybridized carbons (Fsp3) is 0.647. The Bertz CT molecular complexity index is 419. The summed E-state index contributed by atoms with van der Waals surface area (Å²) in [6, 6.07) is 7.28. The van der Waals surface area contributed by atoms with E-state index in [4.69, 9.17) is 0 Å². The minimum Gasteiger partial charge on any atom is -0.313 e. The number of hydrogen-bond acceptors (Lipinski definition) is 1. The molecule has 0 aliphatic heterocycles. The number of halogens is 1. The Morgan fingerprint density at radius 2 is 1.79 bits per heavy atom. The van der Waals surface area contributed by atoms with Gasteiger partial charge in [0.25, 0.3) is 0 Å². The van der Waals surface area contributed by atoms with Gasteiger partial charge in [0.15, 0.2) is 0 Å². The lowest BCUT2D eigenvalue weighted by Crippen LogP contribution is -2.31. The van der Waals surface area contributed by atoms with E-state index < -0.39 is 0 Å². The number of rotatable bonds is 3. The first-order valence-corrected chi connectivity index (χ1v) is 8.23. The number of benzene rings is 1. The molecule has 3 unspecified atom stereocenters. The highest BCUT2D eigenvalue weighted by Gasteiger charge is 2.30. The summed E-state index contributed by atoms with van der Waals surface area (Å²) in [5.41, 5.74) is 2.73. The lowest BCUT2D eigenvalue weighted by atomic mass is 9.72. The van der Waals surface area contributed by atoms with Crippen LogP contribution in [0.15, 0.2) is 22.7 Å². The lowest BCUT2D eigenvalue weighted by molar-refractivity contribution is 0.180. The van der Waals surface area contributed by atoms with E-state index >= 15 is 0 Å². The van der Waals surface area contributed by atoms with Gasteiger partial charge in [-0.05, 0) is 68.2 Å². The van der Waals surface area contributed by atoms with Gasteiger partial charge in [-0.25, -0.2) is 0 Å². The van der Waals surface area contributed by atoms with Crippen molar-refractivity contribution < 1.29 is 0 Å². The molecule has 0 spiro atoms. The SMILES string of the molecule is CNC(c1ccc(C)c(Br)c1)C1CC(C)CC(C)C1. The molecule has 19 heavy (non-hydrogen) atoms. The van der Waals surface area contributed by atoms with E-state index in [-0.39, 0.29) is 0 Å². The summed E-state index contributed by atoms with van der Waals surface area (Å²) in [5, 5.41) is 3.56. The maximum atomic E-state index is 3.66. The quantitative estimate of drug-likeness (QED) is 0.816. The Morgan fingerprint density at radius 3 is 2.32 bits per heavy atom. The smallest absolute Gasteiger partial charge is 0.0346 e. The predicted molar refractivity (Wildman–Crippen MR) is 86.3 cm³/mol. The molecule has 1 aromatic carbocycles. The van der Waals surface area contributed by atoms with Crippen molar-refractivity contribution in [1.29, 1.82) is 0 Å². The summed E-state index contributed by atoms with van der Waals surface area (Å²) >= 11 is 3.66. The van der Waals surface area contributed by atoms with E-state index in [0.717, 1.165) is 17.8 Å². The van der Waals surface area contributed by atoms with Gasteiger partial charge in [-0.1, -0.05) is 41.9 Å². The van der Waals surface area contributed by atoms with Crippen LogP contribution >= 0.6 is 15.9 Å². The van der Waals surface area contributed by atoms with Gasteiger partial charge in [0.1, 0.15) is 0 Å². The van der Waals surface area contributed by atoms with Crippen LogP contribution < -0.4 is 5.32 Å². The third-order valence-electron chi connectivity index (χ3n) is 4.55. The zero-order chi connectivity index (χ0) is 14.0. The second-order valence-electron chi connectivity index (χ2n) is 6.45. The summed E-state index contributed by atoms with van der Waals surface area (Å²) in [6.07, 6.45) is 4.09. The molecule has 106 valence electrons. The molecule has 0 bridgehead atoms. The first-order valence-electron chi connectivity index (χ1n) is 7.44. The lowest BCUT2D eigenvalue weighted by Gasteiger charge is -2.36. The molecule has 0 amide bonds. The topological polar surface area (TPSA) is 12.0 Å². The van der Waals surface area contributed by atoms with Crippen LogP contribution in [0.5, 0.6) is 0 Å². The third-order valence-corrected chi connectivity index (χ3v) is 5.41. The molecule has 1 aliphatic carbocycles. The van der Waals surface area contributed by atoms with Crippen molar-refractivity contribution in [2.75, 3.05) is 7.05 Å². The summed E-state index contributed by atoms with van der Waals surface area (Å²) in [7, 11) is 2.10. The maximum absolute atomic E-state index is 3.66. The highest BCUT2D eigenvalue weighted by atomic mass is 79.9. The first kappa shape index (κ1) is 15.1. The molecular weight excluding hydrogens is 298 g/mol. The van der Waals surface area contributed by atoms with Gasteiger partial charge in [-0.2, -0.15) is 0 Å². The summed E-state index contributed by atoms with van der Waals surface area (Å²) in [4.78, 5) is 0. The van der Waals surface area contributed by atoms with Crippen molar-refractivity contribution in [1.82, 2.24) is 5.32 Å². The Kier molecular flexibility index (Phi) is 5.08. The molecule has 0 saturated heterocycles. The normalized spacial score (nSPS) is 29.2. The van der Waals surface area contributed by atoms with Crippen molar-refractivity contribution in [3.63, 3.8) is 0 Å². The molecule has 1 fully saturated rings. The largest absolute Gasteiger partial charge is 0.313 e. The van der Waals surface area contributed by atoms with Gasteiger partial charge in [-0.15, -0.1) is 0 Å². The minimum atomic E-state index is 0.488. The van der Waals surface area contributed by atoms with E-state index in [2.05, 4.69) is 67.3 Å². The molecule has 0 aromatic heterocycles. The van der Waals surface area contributed by atoms with Crippen LogP contribution in [0, 0.1) is 24.7 Å². The number of nitrogens with one attached hydrogen (secondary N) is 1. The predicted octanol–water partition coefficient (Wildman–Crippen LogP) is 5.09. The van der Waals surface area contributed by atoms with E-state index in [1.165, 1.54) is 34.9 Å². The summed E-state index contributed by atoms with van der Waals surface area (Å²) in [6.45, 7) is 6.95. The summed E-state index contributed by atoms with van der Waals surface area (Å²) < 4.78 is 1.22. The molecule has 2 rings (SSSR count). The van der Waals surface area contributed by atoms with Crippen LogP contribution in [0.3, 0.4) is 0 Å². The Morgan fingerprint density at radius 1 is 1.16 bits per heavy atom. The number of hydrogen-bond donors (Lipinski definition) is 1. The van der Waals surface area contributed by atoms with Crippen molar-refractivity contribution >= 4 is 15.9 Å². The van der Waals surface area contributed by atoms with Crippen LogP contribution in [0.2, 0.25) is 0 Å². The zero-order valence-electron chi connectivity index (χ0n) is 12.5. The van der Waals surface area contributed by atoms with Crippen molar-refractivity contribution in [2.45, 2.75) is 46.1 Å². The van der Waals surface area contributed by atoms with Crippen LogP contribution in [0.25, 0.3) is 0 Å². The van der Waals surface area contributed by atoms with Crippen LogP contribution in [0.1, 0.15) is 50.3 Å². The van der Waals surface area contributed by atoms with Gasteiger partial charge in [-0.3, -0.25) is 0 Å². The molecule has 1 aliphatic rings. The fourth-order valence-corrected chi connectivity index (χ4v) is 4.15. The molecular formula is C17H26BrN. The molecule has 1 nitrogen and oxygen atoms in total. The van der Waals surface area contributed by atoms with E-state index in [1.807, 2.05) is 0 Å². The van der Waals surface area contributed by atoms with Crippen molar-refractivity contribution in [2.24, 2.45) is 17.8 Å². The van der Waals surface area contributed by atoms with Gasteiger partial charge in [0.05, 0.1) is 0 Å². The standard InChI is InChI=1S/C17H26BrN/c1-11-7-12(2)9-15(8-11)17(19-4)14-6-5-13(3)16(18)10-14/h5-6,10-12,15,17,19H,7-9H2,1-4H3. The monoisotopic (exact) mass is 323 g/mol. The van der Waals surface area contributed by atoms with Gasteiger partial charge in [0.2, 0.25) is 0 Å². The van der Waals surface area contributed by atoms with Crippen molar-refractivity contribution in [3.8, 4) is 0 Å². The Balaban J connectivity index is 2.21. The van der Waals surface area contributed by atoms with E-state index in [0.29, 0.717) is 6.04 Å². The van der Waals surface area contributed by atoms with Crippen molar-refractivity contribution in [3.05, 3.63) is 33.8 Å². The molecule has 3 atom stereocenters. The second-order valence-corrected chi connectivity index (χ2v) is 7.31. The molecule has 0 radical (unpaired) electrons. The molecule has 1 N–H and O–H groups in total. The second kappa shape index (κ2) is 6.41. The van der Waals surface area contributed by atoms with Gasteiger partial charge in [0, 0.05) is 10.5 Å². The Hall–Kier alpha value is -0.340. The third kappa shape index (κ3) is 3.61. The fourth-order valence-electron chi connectivity index (χ4n) is 3.76. The van der Waals surface area contributed by atoms with Crippen LogP contribution in [-0.2, 0) is 0 Å². The molecule has 1 aromatic rings. The molecule has 2 heteroatoms. The maximum Gasteiger partial charge on any atom is 0.0346 e. The van der Waals surface area contributed by atoms with Gasteiger partial charge < -0.3 is 5.32 Å². The van der Waals surface area contributed by atoms with E-state index in [1.54, 1.807) is 0 Å². The zero-order valence-corrected chi connectivity index (χ0v) is 14.1. The van der Waals surface area contributed by atoms with E-state index in [9.17, 15) is 0 Å². The molecule has 1 saturated carbocycles. The molecule has 0 heterocycles. The minimum absolute atomic E-state index is 0.488. The first-order chi connectivity index (χ1) is 9.01. The Labute approximate surface area is 126 Å². The highest BCUT2D eigenvalue weighted by molar-refractivity contribution is 9.10. The number of aryl methyl sites for hydroxylation is 1. The average Bonchev–Trinajstić information content (AvgIpc) is 2.33.